The van der Waals surface area contributed by atoms with Crippen LogP contribution in [0.15, 0.2) is 18.2 Å². The number of alkyl halides is 3. The van der Waals surface area contributed by atoms with Crippen LogP contribution in [0.4, 0.5) is 14.5 Å². The van der Waals surface area contributed by atoms with Crippen molar-refractivity contribution in [3.63, 3.8) is 0 Å². The highest BCUT2D eigenvalue weighted by Crippen LogP contribution is 2.28. The van der Waals surface area contributed by atoms with Crippen molar-refractivity contribution in [2.75, 3.05) is 25.5 Å². The van der Waals surface area contributed by atoms with Gasteiger partial charge in [-0.3, -0.25) is 14.9 Å². The van der Waals surface area contributed by atoms with Gasteiger partial charge in [0.05, 0.1) is 18.6 Å². The first-order valence-corrected chi connectivity index (χ1v) is 6.98. The number of methoxy groups -OCH3 is 1. The lowest BCUT2D eigenvalue weighted by Gasteiger charge is -2.21. The van der Waals surface area contributed by atoms with Crippen molar-refractivity contribution >= 4 is 27.5 Å². The lowest BCUT2D eigenvalue weighted by atomic mass is 10.1. The van der Waals surface area contributed by atoms with Crippen molar-refractivity contribution in [3.05, 3.63) is 33.9 Å². The van der Waals surface area contributed by atoms with E-state index in [1.165, 1.54) is 19.2 Å². The van der Waals surface area contributed by atoms with E-state index in [4.69, 9.17) is 4.74 Å². The van der Waals surface area contributed by atoms with Crippen LogP contribution in [0.25, 0.3) is 0 Å². The number of amides is 1. The summed E-state index contributed by atoms with van der Waals surface area (Å²) in [5.74, 6) is -0.732. The molecule has 9 heteroatoms. The molecule has 0 heterocycles. The molecule has 0 spiro atoms. The third kappa shape index (κ3) is 4.62. The molecule has 0 radical (unpaired) electrons. The van der Waals surface area contributed by atoms with Crippen LogP contribution in [0.5, 0.6) is 5.75 Å². The number of hydrogen-bond acceptors (Lipinski definition) is 4. The number of halogens is 3. The Morgan fingerprint density at radius 1 is 1.52 bits per heavy atom. The van der Waals surface area contributed by atoms with Crippen molar-refractivity contribution in [2.24, 2.45) is 0 Å². The maximum Gasteiger partial charge on any atom is 0.310 e. The third-order valence-corrected chi connectivity index (χ3v) is 2.98. The summed E-state index contributed by atoms with van der Waals surface area (Å²) in [6.07, 6.45) is -2.66. The van der Waals surface area contributed by atoms with E-state index in [-0.39, 0.29) is 23.5 Å². The minimum absolute atomic E-state index is 0.0547. The van der Waals surface area contributed by atoms with Crippen LogP contribution in [0.2, 0.25) is 0 Å². The van der Waals surface area contributed by atoms with Gasteiger partial charge in [-0.05, 0) is 6.07 Å². The molecule has 0 aliphatic rings. The average Bonchev–Trinajstić information content (AvgIpc) is 2.44. The maximum atomic E-state index is 12.5. The molecule has 21 heavy (non-hydrogen) atoms. The molecule has 0 aliphatic carbocycles. The first kappa shape index (κ1) is 17.3. The molecular weight excluding hydrogens is 354 g/mol. The van der Waals surface area contributed by atoms with E-state index in [1.807, 2.05) is 0 Å². The Morgan fingerprint density at radius 2 is 2.19 bits per heavy atom. The van der Waals surface area contributed by atoms with Crippen LogP contribution in [0.1, 0.15) is 10.4 Å². The quantitative estimate of drug-likeness (QED) is 0.422. The van der Waals surface area contributed by atoms with Gasteiger partial charge in [0.15, 0.2) is 5.75 Å². The van der Waals surface area contributed by atoms with Crippen LogP contribution in [0.3, 0.4) is 0 Å². The van der Waals surface area contributed by atoms with Crippen molar-refractivity contribution in [2.45, 2.75) is 6.43 Å². The number of carbonyl (C=O) groups excluding carboxylic acids is 1. The standard InChI is InChI=1S/C12H13BrF2N2O4/c1-21-10-6-8(2-3-9(10)17(19)20)12(18)16(5-4-13)7-11(14)15/h2-3,6,11H,4-5,7H2,1H3. The summed E-state index contributed by atoms with van der Waals surface area (Å²) < 4.78 is 29.8. The maximum absolute atomic E-state index is 12.5. The number of carbonyl (C=O) groups is 1. The number of hydrogen-bond donors (Lipinski definition) is 0. The molecule has 0 unspecified atom stereocenters. The van der Waals surface area contributed by atoms with Gasteiger partial charge < -0.3 is 9.64 Å². The van der Waals surface area contributed by atoms with Crippen molar-refractivity contribution < 1.29 is 23.2 Å². The topological polar surface area (TPSA) is 72.7 Å². The molecule has 1 aromatic rings. The molecule has 0 saturated heterocycles. The highest BCUT2D eigenvalue weighted by molar-refractivity contribution is 9.09. The Kier molecular flexibility index (Phi) is 6.47. The van der Waals surface area contributed by atoms with Crippen LogP contribution >= 0.6 is 15.9 Å². The number of rotatable bonds is 7. The number of ether oxygens (including phenoxy) is 1. The van der Waals surface area contributed by atoms with Gasteiger partial charge >= 0.3 is 5.69 Å². The lowest BCUT2D eigenvalue weighted by Crippen LogP contribution is -2.36. The van der Waals surface area contributed by atoms with E-state index < -0.39 is 23.8 Å². The summed E-state index contributed by atoms with van der Waals surface area (Å²) >= 11 is 3.09. The van der Waals surface area contributed by atoms with Crippen LogP contribution < -0.4 is 4.74 Å². The summed E-state index contributed by atoms with van der Waals surface area (Å²) in [7, 11) is 1.23. The van der Waals surface area contributed by atoms with E-state index in [2.05, 4.69) is 15.9 Å². The molecule has 1 aromatic carbocycles. The van der Waals surface area contributed by atoms with E-state index in [0.717, 1.165) is 11.0 Å². The first-order chi connectivity index (χ1) is 9.90. The predicted octanol–water partition coefficient (Wildman–Crippen LogP) is 2.71. The van der Waals surface area contributed by atoms with E-state index in [1.54, 1.807) is 0 Å². The molecule has 1 amide bonds. The fourth-order valence-electron chi connectivity index (χ4n) is 1.69. The van der Waals surface area contributed by atoms with Crippen LogP contribution in [-0.4, -0.2) is 47.7 Å². The van der Waals surface area contributed by atoms with Crippen molar-refractivity contribution in [1.29, 1.82) is 0 Å². The molecule has 116 valence electrons. The van der Waals surface area contributed by atoms with Gasteiger partial charge in [0, 0.05) is 29.6 Å². The summed E-state index contributed by atoms with van der Waals surface area (Å²) in [6.45, 7) is -0.605. The Hall–Kier alpha value is -1.77. The second-order valence-corrected chi connectivity index (χ2v) is 4.77. The molecule has 0 aliphatic heterocycles. The van der Waals surface area contributed by atoms with Gasteiger partial charge in [-0.1, -0.05) is 15.9 Å². The number of nitro benzene ring substituents is 1. The Balaban J connectivity index is 3.07. The molecule has 1 rings (SSSR count). The second kappa shape index (κ2) is 7.87. The minimum Gasteiger partial charge on any atom is -0.490 e. The predicted molar refractivity (Wildman–Crippen MR) is 75.3 cm³/mol. The summed E-state index contributed by atoms with van der Waals surface area (Å²) in [5, 5.41) is 11.1. The monoisotopic (exact) mass is 366 g/mol. The normalized spacial score (nSPS) is 10.5. The fraction of sp³-hybridized carbons (Fsp3) is 0.417. The fourth-order valence-corrected chi connectivity index (χ4v) is 2.12. The van der Waals surface area contributed by atoms with Gasteiger partial charge in [0.25, 0.3) is 12.3 Å². The van der Waals surface area contributed by atoms with Gasteiger partial charge in [-0.2, -0.15) is 0 Å². The summed E-state index contributed by atoms with van der Waals surface area (Å²) in [5.41, 5.74) is -0.242. The zero-order chi connectivity index (χ0) is 16.0. The molecule has 6 nitrogen and oxygen atoms in total. The number of nitrogens with zero attached hydrogens (tertiary/aromatic N) is 2. The molecule has 0 N–H and O–H groups in total. The lowest BCUT2D eigenvalue weighted by molar-refractivity contribution is -0.385. The highest BCUT2D eigenvalue weighted by atomic mass is 79.9. The van der Waals surface area contributed by atoms with Gasteiger partial charge in [0.2, 0.25) is 0 Å². The zero-order valence-electron chi connectivity index (χ0n) is 11.1. The van der Waals surface area contributed by atoms with E-state index in [9.17, 15) is 23.7 Å². The molecular formula is C12H13BrF2N2O4. The first-order valence-electron chi connectivity index (χ1n) is 5.86. The Labute approximate surface area is 128 Å². The van der Waals surface area contributed by atoms with Crippen molar-refractivity contribution in [1.82, 2.24) is 4.90 Å². The minimum atomic E-state index is -2.66. The Bertz CT molecular complexity index is 528. The second-order valence-electron chi connectivity index (χ2n) is 3.97. The van der Waals surface area contributed by atoms with Crippen molar-refractivity contribution in [3.8, 4) is 5.75 Å². The number of nitro groups is 1. The zero-order valence-corrected chi connectivity index (χ0v) is 12.7. The van der Waals surface area contributed by atoms with E-state index >= 15 is 0 Å². The summed E-state index contributed by atoms with van der Waals surface area (Å²) in [4.78, 5) is 23.3. The Morgan fingerprint density at radius 3 is 2.67 bits per heavy atom. The highest BCUT2D eigenvalue weighted by Gasteiger charge is 2.22. The molecule has 0 atom stereocenters. The van der Waals surface area contributed by atoms with E-state index in [0.29, 0.717) is 5.33 Å². The molecule has 0 bridgehead atoms. The van der Waals surface area contributed by atoms with Crippen LogP contribution in [0, 0.1) is 10.1 Å². The molecule has 0 fully saturated rings. The SMILES string of the molecule is COc1cc(C(=O)N(CCBr)CC(F)F)ccc1[N+](=O)[O-]. The van der Waals surface area contributed by atoms with Crippen LogP contribution in [-0.2, 0) is 0 Å². The average molecular weight is 367 g/mol. The van der Waals surface area contributed by atoms with Gasteiger partial charge in [-0.15, -0.1) is 0 Å². The molecule has 0 aromatic heterocycles. The van der Waals surface area contributed by atoms with Gasteiger partial charge in [0.1, 0.15) is 0 Å². The smallest absolute Gasteiger partial charge is 0.310 e. The third-order valence-electron chi connectivity index (χ3n) is 2.62. The summed E-state index contributed by atoms with van der Waals surface area (Å²) in [6, 6.07) is 3.50. The van der Waals surface area contributed by atoms with Gasteiger partial charge in [-0.25, -0.2) is 8.78 Å². The number of benzene rings is 1. The largest absolute Gasteiger partial charge is 0.490 e. The molecule has 0 saturated carbocycles.